The number of rotatable bonds is 9. The number of anilines is 1. The van der Waals surface area contributed by atoms with E-state index in [1.165, 1.54) is 44.6 Å². The smallest absolute Gasteiger partial charge is 0.416 e. The summed E-state index contributed by atoms with van der Waals surface area (Å²) < 4.78 is 54.4. The molecular formula is C21H23F3N2O5. The molecule has 0 aromatic heterocycles. The number of amides is 1. The number of nitrogens with one attached hydrogen (secondary N) is 1. The Morgan fingerprint density at radius 1 is 1.10 bits per heavy atom. The molecule has 0 saturated heterocycles. The molecule has 0 atom stereocenters. The monoisotopic (exact) mass is 440 g/mol. The number of benzene rings is 2. The summed E-state index contributed by atoms with van der Waals surface area (Å²) in [5, 5.41) is 2.56. The highest BCUT2D eigenvalue weighted by atomic mass is 19.4. The number of alkyl halides is 3. The summed E-state index contributed by atoms with van der Waals surface area (Å²) in [6, 6.07) is 7.78. The molecule has 0 aliphatic rings. The van der Waals surface area contributed by atoms with Crippen molar-refractivity contribution in [1.82, 2.24) is 5.32 Å². The average Bonchev–Trinajstić information content (AvgIpc) is 2.73. The quantitative estimate of drug-likeness (QED) is 0.353. The van der Waals surface area contributed by atoms with E-state index in [9.17, 15) is 22.8 Å². The fourth-order valence-corrected chi connectivity index (χ4v) is 2.80. The number of carbonyl (C=O) groups excluding carboxylic acids is 2. The van der Waals surface area contributed by atoms with Gasteiger partial charge in [0.15, 0.2) is 11.5 Å². The number of hydrogen-bond acceptors (Lipinski definition) is 6. The van der Waals surface area contributed by atoms with Crippen LogP contribution in [0.15, 0.2) is 36.4 Å². The van der Waals surface area contributed by atoms with Gasteiger partial charge >= 0.3 is 12.1 Å². The van der Waals surface area contributed by atoms with Crippen LogP contribution in [0.3, 0.4) is 0 Å². The van der Waals surface area contributed by atoms with Crippen LogP contribution in [0.5, 0.6) is 11.5 Å². The summed E-state index contributed by atoms with van der Waals surface area (Å²) in [6.07, 6.45) is -4.54. The molecular weight excluding hydrogens is 417 g/mol. The third kappa shape index (κ3) is 6.53. The van der Waals surface area contributed by atoms with Crippen molar-refractivity contribution in [2.24, 2.45) is 0 Å². The molecule has 0 saturated carbocycles. The largest absolute Gasteiger partial charge is 0.493 e. The molecule has 0 aliphatic carbocycles. The van der Waals surface area contributed by atoms with Crippen molar-refractivity contribution in [3.05, 3.63) is 53.1 Å². The molecule has 10 heteroatoms. The Kier molecular flexibility index (Phi) is 8.12. The van der Waals surface area contributed by atoms with E-state index in [0.29, 0.717) is 12.2 Å². The Hall–Kier alpha value is -3.43. The Balaban J connectivity index is 1.88. The topological polar surface area (TPSA) is 99.9 Å². The predicted octanol–water partition coefficient (Wildman–Crippen LogP) is 3.21. The van der Waals surface area contributed by atoms with Crippen molar-refractivity contribution < 1.29 is 37.0 Å². The Morgan fingerprint density at radius 3 is 2.45 bits per heavy atom. The van der Waals surface area contributed by atoms with Gasteiger partial charge in [-0.3, -0.25) is 4.79 Å². The van der Waals surface area contributed by atoms with E-state index in [4.69, 9.17) is 15.2 Å². The second-order valence-electron chi connectivity index (χ2n) is 6.47. The van der Waals surface area contributed by atoms with Gasteiger partial charge in [0.25, 0.3) is 0 Å². The van der Waals surface area contributed by atoms with Crippen molar-refractivity contribution in [2.45, 2.75) is 19.0 Å². The molecule has 7 nitrogen and oxygen atoms in total. The number of hydrogen-bond donors (Lipinski definition) is 2. The third-order valence-corrected chi connectivity index (χ3v) is 4.32. The number of halogens is 3. The molecule has 31 heavy (non-hydrogen) atoms. The van der Waals surface area contributed by atoms with Crippen LogP contribution in [0.2, 0.25) is 0 Å². The lowest BCUT2D eigenvalue weighted by Gasteiger charge is -2.14. The maximum Gasteiger partial charge on any atom is 0.416 e. The Morgan fingerprint density at radius 2 is 1.81 bits per heavy atom. The standard InChI is InChI=1S/C21H23F3N2O5/c1-29-17-12-16(25)14(20(28)30-2)11-18(17)31-9-5-8-26-19(27)10-13-6-3-4-7-15(13)21(22,23)24/h3-4,6-7,11-12H,5,8-10,25H2,1-2H3,(H,26,27). The van der Waals surface area contributed by atoms with Crippen molar-refractivity contribution in [3.8, 4) is 11.5 Å². The average molecular weight is 440 g/mol. The first-order valence-corrected chi connectivity index (χ1v) is 9.27. The number of ether oxygens (including phenoxy) is 3. The SMILES string of the molecule is COC(=O)c1cc(OCCCNC(=O)Cc2ccccc2C(F)(F)F)c(OC)cc1N. The van der Waals surface area contributed by atoms with Crippen LogP contribution >= 0.6 is 0 Å². The number of carbonyl (C=O) groups is 2. The van der Waals surface area contributed by atoms with Gasteiger partial charge in [-0.2, -0.15) is 13.2 Å². The number of nitrogen functional groups attached to an aromatic ring is 1. The molecule has 3 N–H and O–H groups in total. The van der Waals surface area contributed by atoms with Crippen LogP contribution in [0.1, 0.15) is 27.9 Å². The van der Waals surface area contributed by atoms with Gasteiger partial charge < -0.3 is 25.3 Å². The first-order valence-electron chi connectivity index (χ1n) is 9.27. The van der Waals surface area contributed by atoms with E-state index < -0.39 is 23.6 Å². The van der Waals surface area contributed by atoms with Crippen molar-refractivity contribution in [1.29, 1.82) is 0 Å². The minimum atomic E-state index is -4.52. The molecule has 0 radical (unpaired) electrons. The van der Waals surface area contributed by atoms with E-state index in [1.54, 1.807) is 0 Å². The highest BCUT2D eigenvalue weighted by Crippen LogP contribution is 2.33. The van der Waals surface area contributed by atoms with E-state index >= 15 is 0 Å². The van der Waals surface area contributed by atoms with E-state index in [-0.39, 0.29) is 42.1 Å². The van der Waals surface area contributed by atoms with Gasteiger partial charge in [0, 0.05) is 18.7 Å². The summed E-state index contributed by atoms with van der Waals surface area (Å²) in [5.74, 6) is -0.577. The van der Waals surface area contributed by atoms with Gasteiger partial charge in [-0.15, -0.1) is 0 Å². The summed E-state index contributed by atoms with van der Waals surface area (Å²) >= 11 is 0. The molecule has 2 aromatic carbocycles. The van der Waals surface area contributed by atoms with Crippen LogP contribution in [0, 0.1) is 0 Å². The van der Waals surface area contributed by atoms with Crippen LogP contribution in [-0.4, -0.2) is 39.2 Å². The molecule has 0 heterocycles. The maximum atomic E-state index is 13.0. The molecule has 2 aromatic rings. The molecule has 0 fully saturated rings. The van der Waals surface area contributed by atoms with E-state index in [0.717, 1.165) is 6.07 Å². The molecule has 0 aliphatic heterocycles. The summed E-state index contributed by atoms with van der Waals surface area (Å²) in [5.41, 5.74) is 5.17. The fraction of sp³-hybridized carbons (Fsp3) is 0.333. The lowest BCUT2D eigenvalue weighted by molar-refractivity contribution is -0.138. The number of nitrogens with two attached hydrogens (primary N) is 1. The predicted molar refractivity (Wildman–Crippen MR) is 107 cm³/mol. The number of methoxy groups -OCH3 is 2. The highest BCUT2D eigenvalue weighted by Gasteiger charge is 2.33. The molecule has 1 amide bonds. The molecule has 2 rings (SSSR count). The van der Waals surface area contributed by atoms with Gasteiger partial charge in [-0.25, -0.2) is 4.79 Å². The molecule has 168 valence electrons. The Bertz CT molecular complexity index is 932. The normalized spacial score (nSPS) is 11.0. The molecule has 0 bridgehead atoms. The zero-order chi connectivity index (χ0) is 23.0. The van der Waals surface area contributed by atoms with Crippen LogP contribution in [-0.2, 0) is 22.1 Å². The van der Waals surface area contributed by atoms with Crippen LogP contribution in [0.25, 0.3) is 0 Å². The van der Waals surface area contributed by atoms with Gasteiger partial charge in [-0.05, 0) is 18.1 Å². The zero-order valence-corrected chi connectivity index (χ0v) is 17.0. The fourth-order valence-electron chi connectivity index (χ4n) is 2.80. The minimum absolute atomic E-state index is 0.0919. The minimum Gasteiger partial charge on any atom is -0.493 e. The molecule has 0 spiro atoms. The second-order valence-corrected chi connectivity index (χ2v) is 6.47. The van der Waals surface area contributed by atoms with Crippen molar-refractivity contribution in [2.75, 3.05) is 33.1 Å². The van der Waals surface area contributed by atoms with E-state index in [2.05, 4.69) is 10.1 Å². The summed E-state index contributed by atoms with van der Waals surface area (Å²) in [4.78, 5) is 23.8. The molecule has 0 unspecified atom stereocenters. The van der Waals surface area contributed by atoms with Crippen molar-refractivity contribution in [3.63, 3.8) is 0 Å². The second kappa shape index (κ2) is 10.6. The lowest BCUT2D eigenvalue weighted by Crippen LogP contribution is -2.28. The van der Waals surface area contributed by atoms with Crippen molar-refractivity contribution >= 4 is 17.6 Å². The zero-order valence-electron chi connectivity index (χ0n) is 17.0. The van der Waals surface area contributed by atoms with Gasteiger partial charge in [0.05, 0.1) is 44.1 Å². The maximum absolute atomic E-state index is 13.0. The van der Waals surface area contributed by atoms with Crippen LogP contribution in [0.4, 0.5) is 18.9 Å². The summed E-state index contributed by atoms with van der Waals surface area (Å²) in [6.45, 7) is 0.342. The van der Waals surface area contributed by atoms with Gasteiger partial charge in [0.2, 0.25) is 5.91 Å². The van der Waals surface area contributed by atoms with Gasteiger partial charge in [0.1, 0.15) is 0 Å². The Labute approximate surface area is 177 Å². The van der Waals surface area contributed by atoms with Gasteiger partial charge in [-0.1, -0.05) is 18.2 Å². The van der Waals surface area contributed by atoms with Crippen LogP contribution < -0.4 is 20.5 Å². The first kappa shape index (κ1) is 23.8. The highest BCUT2D eigenvalue weighted by molar-refractivity contribution is 5.96. The summed E-state index contributed by atoms with van der Waals surface area (Å²) in [7, 11) is 2.64. The van der Waals surface area contributed by atoms with E-state index in [1.807, 2.05) is 0 Å². The third-order valence-electron chi connectivity index (χ3n) is 4.32. The lowest BCUT2D eigenvalue weighted by atomic mass is 10.0. The number of esters is 1. The first-order chi connectivity index (χ1) is 14.7.